The van der Waals surface area contributed by atoms with Crippen molar-refractivity contribution in [2.75, 3.05) is 0 Å². The number of nitrogens with zero attached hydrogens (tertiary/aromatic N) is 4. The van der Waals surface area contributed by atoms with Gasteiger partial charge in [0.05, 0.1) is 5.52 Å². The second-order valence-corrected chi connectivity index (χ2v) is 6.61. The number of hydrogen-bond acceptors (Lipinski definition) is 4. The molecule has 6 aromatic rings. The van der Waals surface area contributed by atoms with Crippen molar-refractivity contribution in [3.63, 3.8) is 0 Å². The van der Waals surface area contributed by atoms with Crippen molar-refractivity contribution in [2.24, 2.45) is 0 Å². The molecule has 0 atom stereocenters. The van der Waals surface area contributed by atoms with Crippen LogP contribution in [0.15, 0.2) is 73.3 Å². The van der Waals surface area contributed by atoms with Crippen LogP contribution in [-0.4, -0.2) is 19.9 Å². The van der Waals surface area contributed by atoms with Crippen molar-refractivity contribution in [1.29, 1.82) is 0 Å². The number of fused-ring (bicyclic) bond motifs is 6. The van der Waals surface area contributed by atoms with Gasteiger partial charge < -0.3 is 0 Å². The zero-order chi connectivity index (χ0) is 18.5. The molecule has 6 rings (SSSR count). The van der Waals surface area contributed by atoms with Gasteiger partial charge in [0.1, 0.15) is 0 Å². The van der Waals surface area contributed by atoms with Crippen molar-refractivity contribution in [2.45, 2.75) is 0 Å². The molecule has 2 aromatic carbocycles. The van der Waals surface area contributed by atoms with E-state index in [1.807, 2.05) is 30.3 Å². The Morgan fingerprint density at radius 3 is 2.17 bits per heavy atom. The van der Waals surface area contributed by atoms with Gasteiger partial charge in [0.2, 0.25) is 0 Å². The van der Waals surface area contributed by atoms with E-state index in [0.29, 0.717) is 0 Å². The third-order valence-electron chi connectivity index (χ3n) is 5.04. The van der Waals surface area contributed by atoms with Gasteiger partial charge in [-0.25, -0.2) is 11.1 Å². The summed E-state index contributed by atoms with van der Waals surface area (Å²) in [7, 11) is 0. The second-order valence-electron chi connectivity index (χ2n) is 6.61. The Hall–Kier alpha value is -2.82. The first kappa shape index (κ1) is 18.2. The predicted octanol–water partition coefficient (Wildman–Crippen LogP) is 5.14. The number of rotatable bonds is 1. The van der Waals surface area contributed by atoms with Crippen LogP contribution in [0.5, 0.6) is 0 Å². The minimum absolute atomic E-state index is 0. The maximum atomic E-state index is 4.60. The molecule has 5 heteroatoms. The van der Waals surface area contributed by atoms with E-state index in [0.717, 1.165) is 54.7 Å². The van der Waals surface area contributed by atoms with Gasteiger partial charge in [0, 0.05) is 73.2 Å². The molecule has 29 heavy (non-hydrogen) atoms. The summed E-state index contributed by atoms with van der Waals surface area (Å²) >= 11 is 0. The van der Waals surface area contributed by atoms with Crippen molar-refractivity contribution >= 4 is 43.6 Å². The molecule has 0 unspecified atom stereocenters. The summed E-state index contributed by atoms with van der Waals surface area (Å²) in [6.45, 7) is 0. The van der Waals surface area contributed by atoms with E-state index in [2.05, 4.69) is 50.3 Å². The van der Waals surface area contributed by atoms with Crippen LogP contribution in [0.2, 0.25) is 0 Å². The van der Waals surface area contributed by atoms with E-state index in [-0.39, 0.29) is 32.7 Å². The molecular formula is C24H12N4Y-2. The first-order valence-electron chi connectivity index (χ1n) is 8.99. The summed E-state index contributed by atoms with van der Waals surface area (Å²) < 4.78 is 0. The van der Waals surface area contributed by atoms with Crippen LogP contribution < -0.4 is 0 Å². The summed E-state index contributed by atoms with van der Waals surface area (Å²) in [4.78, 5) is 18.2. The van der Waals surface area contributed by atoms with E-state index in [4.69, 9.17) is 0 Å². The topological polar surface area (TPSA) is 51.6 Å². The number of hydrogen-bond donors (Lipinski definition) is 0. The molecule has 133 valence electrons. The molecule has 0 aliphatic rings. The van der Waals surface area contributed by atoms with Crippen LogP contribution in [0.3, 0.4) is 0 Å². The van der Waals surface area contributed by atoms with Gasteiger partial charge in [-0.2, -0.15) is 12.1 Å². The number of aromatic nitrogens is 4. The summed E-state index contributed by atoms with van der Waals surface area (Å²) in [5, 5.41) is 4.00. The molecule has 0 saturated heterocycles. The molecule has 0 amide bonds. The molecule has 0 bridgehead atoms. The second kappa shape index (κ2) is 7.21. The predicted molar refractivity (Wildman–Crippen MR) is 111 cm³/mol. The van der Waals surface area contributed by atoms with Crippen LogP contribution in [0.4, 0.5) is 0 Å². The van der Waals surface area contributed by atoms with Crippen LogP contribution in [0, 0.1) is 12.1 Å². The average molecular weight is 445 g/mol. The minimum atomic E-state index is 0. The average Bonchev–Trinajstić information content (AvgIpc) is 2.78. The molecule has 0 aliphatic carbocycles. The van der Waals surface area contributed by atoms with E-state index in [1.54, 1.807) is 24.8 Å². The number of pyridine rings is 4. The van der Waals surface area contributed by atoms with E-state index in [9.17, 15) is 0 Å². The SMILES string of the molecule is [Y].[c-]1cnc2c(ccc3cccnc32)c1-c1[c-]c2cccnc2c2ncccc12. The van der Waals surface area contributed by atoms with Crippen molar-refractivity contribution in [3.8, 4) is 11.1 Å². The summed E-state index contributed by atoms with van der Waals surface area (Å²) in [5.74, 6) is 0. The molecule has 4 heterocycles. The Balaban J connectivity index is 0.00000181. The Morgan fingerprint density at radius 1 is 0.586 bits per heavy atom. The Kier molecular flexibility index (Phi) is 4.53. The fraction of sp³-hybridized carbons (Fsp3) is 0. The monoisotopic (exact) mass is 445 g/mol. The van der Waals surface area contributed by atoms with Gasteiger partial charge in [-0.05, 0) is 12.3 Å². The van der Waals surface area contributed by atoms with Gasteiger partial charge in [-0.1, -0.05) is 30.3 Å². The largest absolute Gasteiger partial charge is 0.294 e. The minimum Gasteiger partial charge on any atom is -0.294 e. The van der Waals surface area contributed by atoms with E-state index in [1.165, 1.54) is 0 Å². The normalized spacial score (nSPS) is 11.2. The van der Waals surface area contributed by atoms with E-state index >= 15 is 0 Å². The van der Waals surface area contributed by atoms with Gasteiger partial charge in [0.15, 0.2) is 0 Å². The molecule has 0 N–H and O–H groups in total. The maximum Gasteiger partial charge on any atom is 0.0832 e. The maximum absolute atomic E-state index is 4.60. The summed E-state index contributed by atoms with van der Waals surface area (Å²) in [6, 6.07) is 23.0. The molecule has 0 spiro atoms. The molecular weight excluding hydrogens is 433 g/mol. The van der Waals surface area contributed by atoms with Crippen molar-refractivity contribution in [3.05, 3.63) is 85.5 Å². The Labute approximate surface area is 191 Å². The van der Waals surface area contributed by atoms with Crippen LogP contribution in [0.25, 0.3) is 54.7 Å². The van der Waals surface area contributed by atoms with Gasteiger partial charge in [0.25, 0.3) is 0 Å². The van der Waals surface area contributed by atoms with Crippen LogP contribution in [0.1, 0.15) is 0 Å². The zero-order valence-corrected chi connectivity index (χ0v) is 18.1. The van der Waals surface area contributed by atoms with E-state index < -0.39 is 0 Å². The first-order chi connectivity index (χ1) is 13.9. The number of benzene rings is 2. The zero-order valence-electron chi connectivity index (χ0n) is 15.3. The van der Waals surface area contributed by atoms with Crippen LogP contribution >= 0.6 is 0 Å². The van der Waals surface area contributed by atoms with Gasteiger partial charge in [-0.15, -0.1) is 28.3 Å². The molecule has 4 nitrogen and oxygen atoms in total. The smallest absolute Gasteiger partial charge is 0.0832 e. The third kappa shape index (κ3) is 2.83. The fourth-order valence-corrected chi connectivity index (χ4v) is 3.80. The Morgan fingerprint density at radius 2 is 1.28 bits per heavy atom. The summed E-state index contributed by atoms with van der Waals surface area (Å²) in [5.41, 5.74) is 5.37. The molecule has 4 aromatic heterocycles. The summed E-state index contributed by atoms with van der Waals surface area (Å²) in [6.07, 6.45) is 7.10. The van der Waals surface area contributed by atoms with Crippen LogP contribution in [-0.2, 0) is 32.7 Å². The standard InChI is InChI=1S/C24H12N4.Y/c1-4-15-7-8-19-17(9-13-28-24(19)21(15)25-10-1)20-14-16-5-2-11-26-22(16)23-18(20)6-3-12-27-23;/h1-8,10-13H;/q-2;. The fourth-order valence-electron chi connectivity index (χ4n) is 3.80. The molecule has 0 saturated carbocycles. The Bertz CT molecular complexity index is 1530. The van der Waals surface area contributed by atoms with Crippen molar-refractivity contribution < 1.29 is 32.7 Å². The molecule has 0 fully saturated rings. The third-order valence-corrected chi connectivity index (χ3v) is 5.04. The van der Waals surface area contributed by atoms with Gasteiger partial charge in [-0.3, -0.25) is 19.9 Å². The molecule has 0 aliphatic heterocycles. The molecule has 1 radical (unpaired) electrons. The quantitative estimate of drug-likeness (QED) is 0.260. The first-order valence-corrected chi connectivity index (χ1v) is 8.99. The van der Waals surface area contributed by atoms with Crippen molar-refractivity contribution in [1.82, 2.24) is 19.9 Å². The van der Waals surface area contributed by atoms with Gasteiger partial charge >= 0.3 is 0 Å².